The van der Waals surface area contributed by atoms with E-state index in [1.807, 2.05) is 30.7 Å². The normalized spacial score (nSPS) is 12.5. The molecule has 0 aliphatic carbocycles. The highest BCUT2D eigenvalue weighted by atomic mass is 32.1. The van der Waals surface area contributed by atoms with Crippen molar-refractivity contribution in [2.45, 2.75) is 26.0 Å². The highest BCUT2D eigenvalue weighted by molar-refractivity contribution is 7.07. The van der Waals surface area contributed by atoms with Crippen molar-refractivity contribution in [3.8, 4) is 0 Å². The number of methoxy groups -OCH3 is 1. The fourth-order valence-corrected chi connectivity index (χ4v) is 2.00. The molecule has 2 N–H and O–H groups in total. The lowest BCUT2D eigenvalue weighted by molar-refractivity contribution is 0.104. The number of hydrogen-bond donors (Lipinski definition) is 2. The third-order valence-electron chi connectivity index (χ3n) is 2.07. The minimum atomic E-state index is -0.160. The van der Waals surface area contributed by atoms with Crippen molar-refractivity contribution in [1.82, 2.24) is 10.6 Å². The largest absolute Gasteiger partial charge is 0.375 e. The maximum absolute atomic E-state index is 11.4. The average Bonchev–Trinajstić information content (AvgIpc) is 2.71. The lowest BCUT2D eigenvalue weighted by Gasteiger charge is -2.16. The molecule has 0 bridgehead atoms. The van der Waals surface area contributed by atoms with Gasteiger partial charge in [0.05, 0.1) is 0 Å². The maximum atomic E-state index is 11.4. The van der Waals surface area contributed by atoms with Crippen LogP contribution in [0.4, 0.5) is 4.79 Å². The second-order valence-corrected chi connectivity index (χ2v) is 4.57. The molecular weight excluding hydrogens is 224 g/mol. The molecule has 5 heteroatoms. The number of rotatable bonds is 5. The first-order valence-electron chi connectivity index (χ1n) is 5.22. The number of ether oxygens (including phenoxy) is 1. The monoisotopic (exact) mass is 242 g/mol. The first kappa shape index (κ1) is 13.0. The zero-order valence-electron chi connectivity index (χ0n) is 9.82. The molecule has 0 fully saturated rings. The summed E-state index contributed by atoms with van der Waals surface area (Å²) in [6.07, 6.45) is -0.0795. The second kappa shape index (κ2) is 6.50. The van der Waals surface area contributed by atoms with Crippen molar-refractivity contribution < 1.29 is 9.53 Å². The summed E-state index contributed by atoms with van der Waals surface area (Å²) in [5.74, 6) is 0. The SMILES string of the molecule is COC(CNC(=O)NC(C)C)c1ccsc1. The van der Waals surface area contributed by atoms with E-state index in [4.69, 9.17) is 4.74 Å². The Balaban J connectivity index is 2.38. The van der Waals surface area contributed by atoms with Crippen LogP contribution in [-0.4, -0.2) is 25.7 Å². The summed E-state index contributed by atoms with van der Waals surface area (Å²) >= 11 is 1.62. The van der Waals surface area contributed by atoms with Crippen LogP contribution in [0.2, 0.25) is 0 Å². The molecular formula is C11H18N2O2S. The minimum absolute atomic E-state index is 0.0795. The van der Waals surface area contributed by atoms with E-state index in [-0.39, 0.29) is 18.2 Å². The van der Waals surface area contributed by atoms with Gasteiger partial charge in [-0.25, -0.2) is 4.79 Å². The van der Waals surface area contributed by atoms with Gasteiger partial charge in [-0.1, -0.05) is 0 Å². The number of carbonyl (C=O) groups is 1. The summed E-state index contributed by atoms with van der Waals surface area (Å²) in [5, 5.41) is 9.57. The van der Waals surface area contributed by atoms with E-state index >= 15 is 0 Å². The Hall–Kier alpha value is -1.07. The third kappa shape index (κ3) is 4.20. The van der Waals surface area contributed by atoms with Gasteiger partial charge < -0.3 is 15.4 Å². The van der Waals surface area contributed by atoms with Crippen molar-refractivity contribution in [1.29, 1.82) is 0 Å². The average molecular weight is 242 g/mol. The third-order valence-corrected chi connectivity index (χ3v) is 2.77. The molecule has 0 saturated heterocycles. The molecule has 4 nitrogen and oxygen atoms in total. The Morgan fingerprint density at radius 3 is 2.81 bits per heavy atom. The van der Waals surface area contributed by atoms with Crippen LogP contribution in [-0.2, 0) is 4.74 Å². The van der Waals surface area contributed by atoms with Gasteiger partial charge in [-0.15, -0.1) is 0 Å². The Morgan fingerprint density at radius 1 is 1.56 bits per heavy atom. The zero-order chi connectivity index (χ0) is 12.0. The standard InChI is InChI=1S/C11H18N2O2S/c1-8(2)13-11(14)12-6-10(15-3)9-4-5-16-7-9/h4-5,7-8,10H,6H2,1-3H3,(H2,12,13,14). The smallest absolute Gasteiger partial charge is 0.315 e. The molecule has 2 amide bonds. The lowest BCUT2D eigenvalue weighted by atomic mass is 10.2. The summed E-state index contributed by atoms with van der Waals surface area (Å²) in [6, 6.07) is 1.98. The number of amides is 2. The van der Waals surface area contributed by atoms with Crippen molar-refractivity contribution in [3.63, 3.8) is 0 Å². The molecule has 1 rings (SSSR count). The highest BCUT2D eigenvalue weighted by Gasteiger charge is 2.12. The molecule has 0 spiro atoms. The van der Waals surface area contributed by atoms with Crippen molar-refractivity contribution in [2.75, 3.05) is 13.7 Å². The van der Waals surface area contributed by atoms with E-state index < -0.39 is 0 Å². The Labute approximate surface area is 100 Å². The first-order chi connectivity index (χ1) is 7.63. The van der Waals surface area contributed by atoms with Gasteiger partial charge in [-0.2, -0.15) is 11.3 Å². The zero-order valence-corrected chi connectivity index (χ0v) is 10.6. The Kier molecular flexibility index (Phi) is 5.28. The molecule has 1 heterocycles. The molecule has 0 radical (unpaired) electrons. The highest BCUT2D eigenvalue weighted by Crippen LogP contribution is 2.18. The van der Waals surface area contributed by atoms with E-state index in [2.05, 4.69) is 10.6 Å². The maximum Gasteiger partial charge on any atom is 0.315 e. The quantitative estimate of drug-likeness (QED) is 0.831. The van der Waals surface area contributed by atoms with Crippen LogP contribution in [0.25, 0.3) is 0 Å². The fraction of sp³-hybridized carbons (Fsp3) is 0.545. The number of hydrogen-bond acceptors (Lipinski definition) is 3. The molecule has 90 valence electrons. The fourth-order valence-electron chi connectivity index (χ4n) is 1.29. The summed E-state index contributed by atoms with van der Waals surface area (Å²) in [7, 11) is 1.64. The molecule has 1 aromatic rings. The van der Waals surface area contributed by atoms with Gasteiger partial charge in [-0.05, 0) is 36.2 Å². The van der Waals surface area contributed by atoms with Gasteiger partial charge in [0.15, 0.2) is 0 Å². The number of urea groups is 1. The second-order valence-electron chi connectivity index (χ2n) is 3.79. The topological polar surface area (TPSA) is 50.4 Å². The summed E-state index contributed by atoms with van der Waals surface area (Å²) in [6.45, 7) is 4.32. The summed E-state index contributed by atoms with van der Waals surface area (Å²) in [5.41, 5.74) is 1.09. The van der Waals surface area contributed by atoms with Gasteiger partial charge in [0.2, 0.25) is 0 Å². The van der Waals surface area contributed by atoms with E-state index in [0.717, 1.165) is 5.56 Å². The number of thiophene rings is 1. The summed E-state index contributed by atoms with van der Waals surface area (Å²) in [4.78, 5) is 11.4. The lowest BCUT2D eigenvalue weighted by Crippen LogP contribution is -2.41. The predicted octanol–water partition coefficient (Wildman–Crippen LogP) is 2.14. The molecule has 0 aliphatic rings. The van der Waals surface area contributed by atoms with Gasteiger partial charge in [0.1, 0.15) is 6.10 Å². The Bertz CT molecular complexity index is 312. The Morgan fingerprint density at radius 2 is 2.31 bits per heavy atom. The van der Waals surface area contributed by atoms with E-state index in [1.54, 1.807) is 18.4 Å². The van der Waals surface area contributed by atoms with Gasteiger partial charge in [0.25, 0.3) is 0 Å². The van der Waals surface area contributed by atoms with Crippen LogP contribution < -0.4 is 10.6 Å². The molecule has 1 aromatic heterocycles. The number of nitrogens with one attached hydrogen (secondary N) is 2. The van der Waals surface area contributed by atoms with Crippen LogP contribution in [0.3, 0.4) is 0 Å². The van der Waals surface area contributed by atoms with Crippen molar-refractivity contribution in [2.24, 2.45) is 0 Å². The van der Waals surface area contributed by atoms with E-state index in [1.165, 1.54) is 0 Å². The minimum Gasteiger partial charge on any atom is -0.375 e. The van der Waals surface area contributed by atoms with Crippen molar-refractivity contribution in [3.05, 3.63) is 22.4 Å². The van der Waals surface area contributed by atoms with Gasteiger partial charge in [-0.3, -0.25) is 0 Å². The van der Waals surface area contributed by atoms with Crippen LogP contribution in [0, 0.1) is 0 Å². The molecule has 1 atom stereocenters. The molecule has 16 heavy (non-hydrogen) atoms. The molecule has 1 unspecified atom stereocenters. The van der Waals surface area contributed by atoms with Crippen LogP contribution >= 0.6 is 11.3 Å². The summed E-state index contributed by atoms with van der Waals surface area (Å²) < 4.78 is 5.31. The molecule has 0 saturated carbocycles. The van der Waals surface area contributed by atoms with Crippen LogP contribution in [0.1, 0.15) is 25.5 Å². The van der Waals surface area contributed by atoms with Crippen LogP contribution in [0.15, 0.2) is 16.8 Å². The van der Waals surface area contributed by atoms with Crippen molar-refractivity contribution >= 4 is 17.4 Å². The van der Waals surface area contributed by atoms with Crippen LogP contribution in [0.5, 0.6) is 0 Å². The van der Waals surface area contributed by atoms with E-state index in [0.29, 0.717) is 6.54 Å². The van der Waals surface area contributed by atoms with Gasteiger partial charge in [0, 0.05) is 19.7 Å². The number of carbonyl (C=O) groups excluding carboxylic acids is 1. The van der Waals surface area contributed by atoms with E-state index in [9.17, 15) is 4.79 Å². The van der Waals surface area contributed by atoms with Gasteiger partial charge >= 0.3 is 6.03 Å². The first-order valence-corrected chi connectivity index (χ1v) is 6.17. The molecule has 0 aromatic carbocycles. The molecule has 0 aliphatic heterocycles. The predicted molar refractivity (Wildman–Crippen MR) is 65.7 cm³/mol.